The predicted octanol–water partition coefficient (Wildman–Crippen LogP) is 2.79. The summed E-state index contributed by atoms with van der Waals surface area (Å²) in [5, 5.41) is 12.6. The number of likely N-dealkylation sites (N-methyl/N-ethyl adjacent to an activating group) is 1. The Balaban J connectivity index is 1.23. The number of hydrogen-bond donors (Lipinski definition) is 2. The summed E-state index contributed by atoms with van der Waals surface area (Å²) in [6, 6.07) is 15.1. The van der Waals surface area contributed by atoms with Crippen molar-refractivity contribution in [2.75, 3.05) is 20.1 Å². The first kappa shape index (κ1) is 21.3. The Hall–Kier alpha value is -3.56. The monoisotopic (exact) mass is 461 g/mol. The second kappa shape index (κ2) is 9.13. The summed E-state index contributed by atoms with van der Waals surface area (Å²) in [5.74, 6) is 0.523. The lowest BCUT2D eigenvalue weighted by Gasteiger charge is -2.18. The van der Waals surface area contributed by atoms with Gasteiger partial charge in [0.25, 0.3) is 5.91 Å². The van der Waals surface area contributed by atoms with E-state index < -0.39 is 0 Å². The Kier molecular flexibility index (Phi) is 5.89. The number of benzene rings is 2. The fourth-order valence-corrected chi connectivity index (χ4v) is 4.99. The minimum absolute atomic E-state index is 0.0126. The molecule has 1 saturated heterocycles. The van der Waals surface area contributed by atoms with Gasteiger partial charge in [-0.2, -0.15) is 5.10 Å². The molecule has 4 aromatic rings. The first-order chi connectivity index (χ1) is 16.1. The van der Waals surface area contributed by atoms with E-state index in [4.69, 9.17) is 4.74 Å². The molecule has 168 valence electrons. The van der Waals surface area contributed by atoms with Crippen LogP contribution in [0.1, 0.15) is 26.8 Å². The van der Waals surface area contributed by atoms with Crippen molar-refractivity contribution in [3.8, 4) is 5.75 Å². The molecule has 2 aromatic carbocycles. The highest BCUT2D eigenvalue weighted by molar-refractivity contribution is 7.08. The predicted molar refractivity (Wildman–Crippen MR) is 127 cm³/mol. The van der Waals surface area contributed by atoms with Gasteiger partial charge in [-0.25, -0.2) is 5.10 Å². The van der Waals surface area contributed by atoms with E-state index in [0.717, 1.165) is 39.2 Å². The SMILES string of the molecule is CN1C[C@H](c2n[nH]c(=O)s2)[C@H](NC(=O)c2ccc(OCc3cccc4cnccc34)cc2)C1. The first-order valence-corrected chi connectivity index (χ1v) is 11.5. The molecule has 5 rings (SSSR count). The summed E-state index contributed by atoms with van der Waals surface area (Å²) in [7, 11) is 1.99. The molecule has 0 aliphatic carbocycles. The number of nitrogens with zero attached hydrogens (tertiary/aromatic N) is 3. The van der Waals surface area contributed by atoms with E-state index in [0.29, 0.717) is 24.5 Å². The number of amides is 1. The van der Waals surface area contributed by atoms with E-state index in [9.17, 15) is 9.59 Å². The molecule has 0 saturated carbocycles. The van der Waals surface area contributed by atoms with Gasteiger partial charge in [-0.3, -0.25) is 14.6 Å². The van der Waals surface area contributed by atoms with Crippen LogP contribution in [0.4, 0.5) is 0 Å². The maximum atomic E-state index is 12.9. The topological polar surface area (TPSA) is 100 Å². The minimum Gasteiger partial charge on any atom is -0.489 e. The molecule has 2 atom stereocenters. The van der Waals surface area contributed by atoms with Crippen molar-refractivity contribution in [1.82, 2.24) is 25.4 Å². The van der Waals surface area contributed by atoms with Crippen molar-refractivity contribution in [2.45, 2.75) is 18.6 Å². The highest BCUT2D eigenvalue weighted by atomic mass is 32.1. The number of hydrogen-bond acceptors (Lipinski definition) is 7. The lowest BCUT2D eigenvalue weighted by Crippen LogP contribution is -2.39. The summed E-state index contributed by atoms with van der Waals surface area (Å²) in [6.45, 7) is 1.87. The molecule has 2 N–H and O–H groups in total. The summed E-state index contributed by atoms with van der Waals surface area (Å²) >= 11 is 1.10. The third kappa shape index (κ3) is 4.64. The number of carbonyl (C=O) groups is 1. The Morgan fingerprint density at radius 1 is 1.21 bits per heavy atom. The van der Waals surface area contributed by atoms with Gasteiger partial charge in [0.15, 0.2) is 0 Å². The van der Waals surface area contributed by atoms with Crippen LogP contribution in [0.3, 0.4) is 0 Å². The number of H-pyrrole nitrogens is 1. The smallest absolute Gasteiger partial charge is 0.322 e. The third-order valence-corrected chi connectivity index (χ3v) is 6.75. The van der Waals surface area contributed by atoms with E-state index in [-0.39, 0.29) is 22.7 Å². The van der Waals surface area contributed by atoms with Crippen LogP contribution in [-0.4, -0.2) is 52.2 Å². The second-order valence-corrected chi connectivity index (χ2v) is 9.18. The zero-order valence-corrected chi connectivity index (χ0v) is 18.8. The quantitative estimate of drug-likeness (QED) is 0.458. The average molecular weight is 462 g/mol. The largest absolute Gasteiger partial charge is 0.489 e. The van der Waals surface area contributed by atoms with Crippen LogP contribution in [0.2, 0.25) is 0 Å². The number of carbonyl (C=O) groups excluding carboxylic acids is 1. The molecule has 8 nitrogen and oxygen atoms in total. The number of likely N-dealkylation sites (tertiary alicyclic amines) is 1. The van der Waals surface area contributed by atoms with Crippen LogP contribution < -0.4 is 14.9 Å². The number of aromatic amines is 1. The number of aromatic nitrogens is 3. The Bertz CT molecular complexity index is 1330. The Morgan fingerprint density at radius 3 is 2.85 bits per heavy atom. The van der Waals surface area contributed by atoms with Crippen LogP contribution >= 0.6 is 11.3 Å². The maximum Gasteiger partial charge on any atom is 0.322 e. The van der Waals surface area contributed by atoms with Gasteiger partial charge in [0.1, 0.15) is 17.4 Å². The number of pyridine rings is 1. The van der Waals surface area contributed by atoms with Crippen LogP contribution in [0.15, 0.2) is 65.7 Å². The summed E-state index contributed by atoms with van der Waals surface area (Å²) in [6.07, 6.45) is 3.61. The molecule has 0 bridgehead atoms. The number of ether oxygens (including phenoxy) is 1. The molecule has 2 aromatic heterocycles. The molecule has 1 aliphatic rings. The number of rotatable bonds is 6. The van der Waals surface area contributed by atoms with E-state index in [2.05, 4.69) is 25.4 Å². The molecule has 1 amide bonds. The van der Waals surface area contributed by atoms with Gasteiger partial charge in [-0.05, 0) is 48.3 Å². The summed E-state index contributed by atoms with van der Waals surface area (Å²) in [5.41, 5.74) is 1.64. The van der Waals surface area contributed by atoms with Gasteiger partial charge in [0.05, 0.1) is 6.04 Å². The van der Waals surface area contributed by atoms with Crippen molar-refractivity contribution in [3.63, 3.8) is 0 Å². The van der Waals surface area contributed by atoms with Crippen LogP contribution in [-0.2, 0) is 6.61 Å². The van der Waals surface area contributed by atoms with Gasteiger partial charge in [0.2, 0.25) is 0 Å². The lowest BCUT2D eigenvalue weighted by atomic mass is 10.0. The second-order valence-electron chi connectivity index (χ2n) is 8.19. The Morgan fingerprint density at radius 2 is 2.06 bits per heavy atom. The molecule has 1 aliphatic heterocycles. The van der Waals surface area contributed by atoms with E-state index in [1.54, 1.807) is 30.5 Å². The minimum atomic E-state index is -0.180. The number of nitrogens with one attached hydrogen (secondary N) is 2. The van der Waals surface area contributed by atoms with Gasteiger partial charge in [-0.1, -0.05) is 29.5 Å². The standard InChI is InChI=1S/C24H23N5O3S/c1-29-12-20(23-27-28-24(31)33-23)21(13-29)26-22(30)15-5-7-18(8-6-15)32-14-17-4-2-3-16-11-25-10-9-19(16)17/h2-11,20-21H,12-14H2,1H3,(H,26,30)(H,28,31)/t20-,21+/m0/s1. The van der Waals surface area contributed by atoms with Crippen molar-refractivity contribution in [1.29, 1.82) is 0 Å². The zero-order chi connectivity index (χ0) is 22.8. The van der Waals surface area contributed by atoms with E-state index in [1.807, 2.05) is 37.5 Å². The first-order valence-electron chi connectivity index (χ1n) is 10.7. The molecule has 0 radical (unpaired) electrons. The fourth-order valence-electron chi connectivity index (χ4n) is 4.23. The van der Waals surface area contributed by atoms with Crippen LogP contribution in [0, 0.1) is 0 Å². The van der Waals surface area contributed by atoms with Crippen molar-refractivity contribution < 1.29 is 9.53 Å². The van der Waals surface area contributed by atoms with Crippen molar-refractivity contribution in [3.05, 3.63) is 86.7 Å². The van der Waals surface area contributed by atoms with Gasteiger partial charge < -0.3 is 15.0 Å². The Labute approximate surface area is 194 Å². The van der Waals surface area contributed by atoms with E-state index in [1.165, 1.54) is 0 Å². The van der Waals surface area contributed by atoms with E-state index >= 15 is 0 Å². The molecule has 33 heavy (non-hydrogen) atoms. The highest BCUT2D eigenvalue weighted by Gasteiger charge is 2.35. The fraction of sp³-hybridized carbons (Fsp3) is 0.250. The molecule has 3 heterocycles. The maximum absolute atomic E-state index is 12.9. The molecular formula is C24H23N5O3S. The van der Waals surface area contributed by atoms with Gasteiger partial charge in [0, 0.05) is 42.4 Å². The van der Waals surface area contributed by atoms with Crippen molar-refractivity contribution >= 4 is 28.0 Å². The number of fused-ring (bicyclic) bond motifs is 1. The average Bonchev–Trinajstić information content (AvgIpc) is 3.42. The van der Waals surface area contributed by atoms with Crippen LogP contribution in [0.25, 0.3) is 10.8 Å². The normalized spacial score (nSPS) is 18.5. The van der Waals surface area contributed by atoms with Crippen molar-refractivity contribution in [2.24, 2.45) is 0 Å². The van der Waals surface area contributed by atoms with Gasteiger partial charge in [-0.15, -0.1) is 0 Å². The highest BCUT2D eigenvalue weighted by Crippen LogP contribution is 2.27. The molecule has 0 unspecified atom stereocenters. The molecule has 0 spiro atoms. The molecule has 9 heteroatoms. The van der Waals surface area contributed by atoms with Crippen LogP contribution in [0.5, 0.6) is 5.75 Å². The molecular weight excluding hydrogens is 438 g/mol. The zero-order valence-electron chi connectivity index (χ0n) is 18.0. The van der Waals surface area contributed by atoms with Gasteiger partial charge >= 0.3 is 4.87 Å². The summed E-state index contributed by atoms with van der Waals surface area (Å²) < 4.78 is 5.96. The lowest BCUT2D eigenvalue weighted by molar-refractivity contribution is 0.0935. The molecule has 1 fully saturated rings. The third-order valence-electron chi connectivity index (χ3n) is 5.87. The summed E-state index contributed by atoms with van der Waals surface area (Å²) in [4.78, 5) is 30.5.